The van der Waals surface area contributed by atoms with Gasteiger partial charge < -0.3 is 4.74 Å². The lowest BCUT2D eigenvalue weighted by molar-refractivity contribution is 0.263. The van der Waals surface area contributed by atoms with Crippen LogP contribution in [-0.2, 0) is 19.0 Å². The first kappa shape index (κ1) is 8.20. The van der Waals surface area contributed by atoms with Crippen molar-refractivity contribution in [3.05, 3.63) is 0 Å². The van der Waals surface area contributed by atoms with E-state index in [9.17, 15) is 8.42 Å². The van der Waals surface area contributed by atoms with Crippen molar-refractivity contribution in [3.8, 4) is 0 Å². The van der Waals surface area contributed by atoms with E-state index in [1.54, 1.807) is 0 Å². The van der Waals surface area contributed by atoms with Crippen molar-refractivity contribution in [3.63, 3.8) is 0 Å². The van der Waals surface area contributed by atoms with Gasteiger partial charge in [-0.3, -0.25) is 4.18 Å². The second kappa shape index (κ2) is 2.27. The number of hydrogen-bond donors (Lipinski definition) is 0. The molecule has 5 heteroatoms. The Morgan fingerprint density at radius 1 is 1.31 bits per heavy atom. The molecule has 3 aliphatic rings. The number of ether oxygens (including phenoxy) is 1. The van der Waals surface area contributed by atoms with Gasteiger partial charge >= 0.3 is 0 Å². The van der Waals surface area contributed by atoms with E-state index in [-0.39, 0.29) is 17.3 Å². The van der Waals surface area contributed by atoms with Gasteiger partial charge in [-0.25, -0.2) is 0 Å². The van der Waals surface area contributed by atoms with Crippen LogP contribution in [-0.4, -0.2) is 33.0 Å². The molecule has 0 aromatic carbocycles. The summed E-state index contributed by atoms with van der Waals surface area (Å²) in [7, 11) is -2.07. The van der Waals surface area contributed by atoms with E-state index in [2.05, 4.69) is 4.18 Å². The van der Waals surface area contributed by atoms with Crippen molar-refractivity contribution in [2.24, 2.45) is 11.8 Å². The minimum atomic E-state index is -3.32. The van der Waals surface area contributed by atoms with Crippen LogP contribution in [0.5, 0.6) is 0 Å². The van der Waals surface area contributed by atoms with Crippen LogP contribution in [0.2, 0.25) is 0 Å². The van der Waals surface area contributed by atoms with Gasteiger partial charge in [0.2, 0.25) is 0 Å². The maximum Gasteiger partial charge on any atom is 0.270 e. The van der Waals surface area contributed by atoms with E-state index in [4.69, 9.17) is 4.74 Å². The zero-order chi connectivity index (χ0) is 9.22. The molecule has 0 aromatic rings. The molecule has 74 valence electrons. The molecule has 0 spiro atoms. The van der Waals surface area contributed by atoms with Crippen molar-refractivity contribution < 1.29 is 17.3 Å². The highest BCUT2D eigenvalue weighted by atomic mass is 32.2. The van der Waals surface area contributed by atoms with Gasteiger partial charge in [-0.2, -0.15) is 8.42 Å². The zero-order valence-corrected chi connectivity index (χ0v) is 8.16. The minimum Gasteiger partial charge on any atom is -0.369 e. The number of fused-ring (bicyclic) bond motifs is 5. The molecule has 5 atom stereocenters. The van der Waals surface area contributed by atoms with Crippen LogP contribution in [0.15, 0.2) is 0 Å². The average molecular weight is 204 g/mol. The Hall–Kier alpha value is -0.130. The fourth-order valence-electron chi connectivity index (χ4n) is 3.00. The molecule has 3 fully saturated rings. The molecule has 0 radical (unpaired) electrons. The molecule has 3 rings (SSSR count). The summed E-state index contributed by atoms with van der Waals surface area (Å²) in [6, 6.07) is 0. The molecular formula is C8H12O4S. The standard InChI is InChI=1S/C8H12O4S/c1-11-13(9,10)6-3-4-2-5(6)8-7(4)12-8/h4-8H,2-3H2,1H3. The normalized spacial score (nSPS) is 52.2. The van der Waals surface area contributed by atoms with E-state index in [1.165, 1.54) is 7.11 Å². The van der Waals surface area contributed by atoms with Crippen molar-refractivity contribution >= 4 is 10.1 Å². The van der Waals surface area contributed by atoms with E-state index in [1.807, 2.05) is 0 Å². The molecular weight excluding hydrogens is 192 g/mol. The Kier molecular flexibility index (Phi) is 1.43. The van der Waals surface area contributed by atoms with Crippen LogP contribution in [0.3, 0.4) is 0 Å². The van der Waals surface area contributed by atoms with Crippen LogP contribution >= 0.6 is 0 Å². The first-order chi connectivity index (χ1) is 6.13. The van der Waals surface area contributed by atoms with Crippen LogP contribution < -0.4 is 0 Å². The third-order valence-electron chi connectivity index (χ3n) is 3.64. The second-order valence-electron chi connectivity index (χ2n) is 4.16. The Morgan fingerprint density at radius 2 is 2.08 bits per heavy atom. The second-order valence-corrected chi connectivity index (χ2v) is 6.08. The molecule has 0 amide bonds. The molecule has 4 nitrogen and oxygen atoms in total. The summed E-state index contributed by atoms with van der Waals surface area (Å²) in [5.41, 5.74) is 0. The zero-order valence-electron chi connectivity index (χ0n) is 7.34. The topological polar surface area (TPSA) is 55.9 Å². The van der Waals surface area contributed by atoms with Gasteiger partial charge in [0, 0.05) is 5.92 Å². The lowest BCUT2D eigenvalue weighted by Gasteiger charge is -2.17. The van der Waals surface area contributed by atoms with Crippen molar-refractivity contribution in [1.29, 1.82) is 0 Å². The maximum absolute atomic E-state index is 11.5. The first-order valence-electron chi connectivity index (χ1n) is 4.58. The fraction of sp³-hybridized carbons (Fsp3) is 1.00. The van der Waals surface area contributed by atoms with E-state index >= 15 is 0 Å². The van der Waals surface area contributed by atoms with Crippen LogP contribution in [0.1, 0.15) is 12.8 Å². The number of epoxide rings is 1. The van der Waals surface area contributed by atoms with Gasteiger partial charge in [0.25, 0.3) is 10.1 Å². The SMILES string of the molecule is COS(=O)(=O)C1CC2CC1C1OC21. The summed E-state index contributed by atoms with van der Waals surface area (Å²) in [5.74, 6) is 0.685. The van der Waals surface area contributed by atoms with Gasteiger partial charge in [0.15, 0.2) is 0 Å². The van der Waals surface area contributed by atoms with Crippen LogP contribution in [0.4, 0.5) is 0 Å². The largest absolute Gasteiger partial charge is 0.369 e. The predicted molar refractivity (Wildman–Crippen MR) is 44.6 cm³/mol. The number of rotatable bonds is 2. The third kappa shape index (κ3) is 0.951. The maximum atomic E-state index is 11.5. The smallest absolute Gasteiger partial charge is 0.270 e. The summed E-state index contributed by atoms with van der Waals surface area (Å²) in [4.78, 5) is 0. The summed E-state index contributed by atoms with van der Waals surface area (Å²) < 4.78 is 32.9. The molecule has 1 saturated heterocycles. The quantitative estimate of drug-likeness (QED) is 0.474. The summed E-state index contributed by atoms with van der Waals surface area (Å²) >= 11 is 0. The van der Waals surface area contributed by atoms with E-state index in [0.717, 1.165) is 12.8 Å². The van der Waals surface area contributed by atoms with Crippen molar-refractivity contribution in [2.45, 2.75) is 30.3 Å². The molecule has 1 aliphatic heterocycles. The lowest BCUT2D eigenvalue weighted by Crippen LogP contribution is -2.31. The summed E-state index contributed by atoms with van der Waals surface area (Å²) in [5, 5.41) is -0.300. The van der Waals surface area contributed by atoms with E-state index in [0.29, 0.717) is 12.0 Å². The van der Waals surface area contributed by atoms with Gasteiger partial charge in [-0.15, -0.1) is 0 Å². The van der Waals surface area contributed by atoms with Gasteiger partial charge in [-0.05, 0) is 18.8 Å². The first-order valence-corrected chi connectivity index (χ1v) is 6.05. The van der Waals surface area contributed by atoms with Gasteiger partial charge in [0.1, 0.15) is 0 Å². The van der Waals surface area contributed by atoms with Gasteiger partial charge in [0.05, 0.1) is 24.6 Å². The third-order valence-corrected chi connectivity index (χ3v) is 5.39. The Bertz CT molecular complexity index is 336. The van der Waals surface area contributed by atoms with Crippen molar-refractivity contribution in [1.82, 2.24) is 0 Å². The van der Waals surface area contributed by atoms with Crippen LogP contribution in [0.25, 0.3) is 0 Å². The Morgan fingerprint density at radius 3 is 2.62 bits per heavy atom. The summed E-state index contributed by atoms with van der Waals surface area (Å²) in [6.45, 7) is 0. The molecule has 2 saturated carbocycles. The van der Waals surface area contributed by atoms with Crippen molar-refractivity contribution in [2.75, 3.05) is 7.11 Å². The molecule has 0 aromatic heterocycles. The highest BCUT2D eigenvalue weighted by Gasteiger charge is 2.65. The Labute approximate surface area is 77.3 Å². The average Bonchev–Trinajstić information content (AvgIpc) is 2.71. The Balaban J connectivity index is 1.89. The molecule has 2 bridgehead atoms. The van der Waals surface area contributed by atoms with E-state index < -0.39 is 10.1 Å². The molecule has 2 aliphatic carbocycles. The summed E-state index contributed by atoms with van der Waals surface area (Å²) in [6.07, 6.45) is 2.37. The predicted octanol–water partition coefficient (Wildman–Crippen LogP) is 0.138. The lowest BCUT2D eigenvalue weighted by atomic mass is 10.0. The monoisotopic (exact) mass is 204 g/mol. The molecule has 13 heavy (non-hydrogen) atoms. The molecule has 1 heterocycles. The molecule has 0 N–H and O–H groups in total. The highest BCUT2D eigenvalue weighted by molar-refractivity contribution is 7.87. The molecule has 5 unspecified atom stereocenters. The number of hydrogen-bond acceptors (Lipinski definition) is 4. The highest BCUT2D eigenvalue weighted by Crippen LogP contribution is 2.58. The fourth-order valence-corrected chi connectivity index (χ4v) is 4.42. The minimum absolute atomic E-state index is 0.208. The van der Waals surface area contributed by atoms with Crippen LogP contribution in [0, 0.1) is 11.8 Å². The van der Waals surface area contributed by atoms with Gasteiger partial charge in [-0.1, -0.05) is 0 Å².